The summed E-state index contributed by atoms with van der Waals surface area (Å²) in [4.78, 5) is 11.0. The predicted octanol–water partition coefficient (Wildman–Crippen LogP) is 1.20. The zero-order chi connectivity index (χ0) is 11.4. The van der Waals surface area contributed by atoms with Crippen LogP contribution in [0.4, 0.5) is 0 Å². The molecule has 2 N–H and O–H groups in total. The van der Waals surface area contributed by atoms with Gasteiger partial charge < -0.3 is 15.2 Å². The van der Waals surface area contributed by atoms with Crippen LogP contribution in [0.1, 0.15) is 5.56 Å². The van der Waals surface area contributed by atoms with E-state index in [1.165, 1.54) is 7.11 Å². The fourth-order valence-corrected chi connectivity index (χ4v) is 1.18. The summed E-state index contributed by atoms with van der Waals surface area (Å²) in [6.07, 6.45) is 0. The molecule has 0 fully saturated rings. The zero-order valence-electron chi connectivity index (χ0n) is 8.74. The van der Waals surface area contributed by atoms with Gasteiger partial charge >= 0.3 is 0 Å². The van der Waals surface area contributed by atoms with Gasteiger partial charge in [0.2, 0.25) is 5.91 Å². The van der Waals surface area contributed by atoms with Crippen molar-refractivity contribution in [1.82, 2.24) is 0 Å². The van der Waals surface area contributed by atoms with Crippen LogP contribution in [-0.2, 0) is 4.79 Å². The van der Waals surface area contributed by atoms with E-state index in [1.807, 2.05) is 0 Å². The minimum absolute atomic E-state index is 0.217. The molecule has 1 amide bonds. The molecule has 0 radical (unpaired) electrons. The molecule has 0 bridgehead atoms. The number of carbonyl (C=O) groups is 1. The Morgan fingerprint density at radius 2 is 2.00 bits per heavy atom. The zero-order valence-corrected chi connectivity index (χ0v) is 8.74. The number of carbonyl (C=O) groups excluding carboxylic acids is 1. The summed E-state index contributed by atoms with van der Waals surface area (Å²) in [5.41, 5.74) is 5.93. The topological polar surface area (TPSA) is 61.6 Å². The molecule has 0 aliphatic carbocycles. The van der Waals surface area contributed by atoms with Crippen LogP contribution in [0, 0.1) is 0 Å². The van der Waals surface area contributed by atoms with Crippen LogP contribution in [-0.4, -0.2) is 20.1 Å². The standard InChI is InChI=1S/C11H13NO3/c1-7(11(12)13)9-5-4-8(14-2)6-10(9)15-3/h4-6H,1H2,2-3H3,(H2,12,13). The Labute approximate surface area is 88.3 Å². The second kappa shape index (κ2) is 4.50. The van der Waals surface area contributed by atoms with E-state index in [1.54, 1.807) is 25.3 Å². The van der Waals surface area contributed by atoms with E-state index in [9.17, 15) is 4.79 Å². The molecule has 80 valence electrons. The lowest BCUT2D eigenvalue weighted by Gasteiger charge is -2.10. The van der Waals surface area contributed by atoms with Gasteiger partial charge in [0.1, 0.15) is 11.5 Å². The van der Waals surface area contributed by atoms with E-state index in [4.69, 9.17) is 15.2 Å². The van der Waals surface area contributed by atoms with Gasteiger partial charge in [-0.2, -0.15) is 0 Å². The summed E-state index contributed by atoms with van der Waals surface area (Å²) in [7, 11) is 3.06. The monoisotopic (exact) mass is 207 g/mol. The van der Waals surface area contributed by atoms with E-state index >= 15 is 0 Å². The average Bonchev–Trinajstić information content (AvgIpc) is 2.27. The van der Waals surface area contributed by atoms with Crippen LogP contribution in [0.15, 0.2) is 24.8 Å². The molecule has 0 saturated heterocycles. The van der Waals surface area contributed by atoms with Gasteiger partial charge in [0, 0.05) is 17.2 Å². The second-order valence-corrected chi connectivity index (χ2v) is 2.91. The van der Waals surface area contributed by atoms with Crippen LogP contribution in [0.25, 0.3) is 5.57 Å². The average molecular weight is 207 g/mol. The largest absolute Gasteiger partial charge is 0.497 e. The number of nitrogens with two attached hydrogens (primary N) is 1. The first kappa shape index (κ1) is 11.1. The van der Waals surface area contributed by atoms with Crippen LogP contribution in [0.2, 0.25) is 0 Å². The highest BCUT2D eigenvalue weighted by molar-refractivity contribution is 6.18. The third-order valence-corrected chi connectivity index (χ3v) is 2.03. The van der Waals surface area contributed by atoms with Gasteiger partial charge in [0.25, 0.3) is 0 Å². The van der Waals surface area contributed by atoms with Crippen molar-refractivity contribution in [2.75, 3.05) is 14.2 Å². The molecule has 0 saturated carbocycles. The smallest absolute Gasteiger partial charge is 0.248 e. The van der Waals surface area contributed by atoms with Gasteiger partial charge in [0.15, 0.2) is 0 Å². The first-order valence-electron chi connectivity index (χ1n) is 4.31. The molecule has 1 aromatic rings. The van der Waals surface area contributed by atoms with Crippen molar-refractivity contribution >= 4 is 11.5 Å². The maximum Gasteiger partial charge on any atom is 0.248 e. The first-order chi connectivity index (χ1) is 7.10. The molecular weight excluding hydrogens is 194 g/mol. The molecule has 0 aromatic heterocycles. The Hall–Kier alpha value is -1.97. The first-order valence-corrected chi connectivity index (χ1v) is 4.31. The third-order valence-electron chi connectivity index (χ3n) is 2.03. The van der Waals surface area contributed by atoms with Gasteiger partial charge in [-0.05, 0) is 12.1 Å². The Bertz CT molecular complexity index is 399. The van der Waals surface area contributed by atoms with E-state index in [-0.39, 0.29) is 5.57 Å². The number of ether oxygens (including phenoxy) is 2. The maximum absolute atomic E-state index is 11.0. The van der Waals surface area contributed by atoms with Crippen molar-refractivity contribution in [3.05, 3.63) is 30.3 Å². The summed E-state index contributed by atoms with van der Waals surface area (Å²) in [6, 6.07) is 5.07. The summed E-state index contributed by atoms with van der Waals surface area (Å²) >= 11 is 0. The molecule has 0 heterocycles. The van der Waals surface area contributed by atoms with Gasteiger partial charge in [-0.15, -0.1) is 0 Å². The minimum Gasteiger partial charge on any atom is -0.497 e. The molecule has 1 rings (SSSR count). The van der Waals surface area contributed by atoms with Gasteiger partial charge in [-0.1, -0.05) is 6.58 Å². The van der Waals surface area contributed by atoms with Crippen molar-refractivity contribution in [1.29, 1.82) is 0 Å². The van der Waals surface area contributed by atoms with E-state index in [0.717, 1.165) is 0 Å². The van der Waals surface area contributed by atoms with E-state index in [2.05, 4.69) is 6.58 Å². The van der Waals surface area contributed by atoms with Crippen molar-refractivity contribution in [2.24, 2.45) is 5.73 Å². The maximum atomic E-state index is 11.0. The summed E-state index contributed by atoms with van der Waals surface area (Å²) in [6.45, 7) is 3.59. The molecule has 4 heteroatoms. The molecule has 15 heavy (non-hydrogen) atoms. The highest BCUT2D eigenvalue weighted by atomic mass is 16.5. The minimum atomic E-state index is -0.571. The lowest BCUT2D eigenvalue weighted by molar-refractivity contribution is -0.112. The summed E-state index contributed by atoms with van der Waals surface area (Å²) in [5.74, 6) is 0.587. The molecule has 0 atom stereocenters. The van der Waals surface area contributed by atoms with Gasteiger partial charge in [-0.25, -0.2) is 0 Å². The molecule has 0 aliphatic heterocycles. The molecular formula is C11H13NO3. The molecule has 4 nitrogen and oxygen atoms in total. The number of benzene rings is 1. The lowest BCUT2D eigenvalue weighted by atomic mass is 10.1. The number of primary amides is 1. The Morgan fingerprint density at radius 1 is 1.33 bits per heavy atom. The normalized spacial score (nSPS) is 9.47. The van der Waals surface area contributed by atoms with E-state index < -0.39 is 5.91 Å². The third kappa shape index (κ3) is 2.28. The highest BCUT2D eigenvalue weighted by Gasteiger charge is 2.11. The van der Waals surface area contributed by atoms with Crippen molar-refractivity contribution in [3.8, 4) is 11.5 Å². The number of methoxy groups -OCH3 is 2. The molecule has 1 aromatic carbocycles. The molecule has 0 unspecified atom stereocenters. The summed E-state index contributed by atoms with van der Waals surface area (Å²) < 4.78 is 10.1. The lowest BCUT2D eigenvalue weighted by Crippen LogP contribution is -2.12. The predicted molar refractivity (Wildman–Crippen MR) is 57.8 cm³/mol. The Kier molecular flexibility index (Phi) is 3.33. The van der Waals surface area contributed by atoms with E-state index in [0.29, 0.717) is 17.1 Å². The fraction of sp³-hybridized carbons (Fsp3) is 0.182. The molecule has 0 spiro atoms. The van der Waals surface area contributed by atoms with Gasteiger partial charge in [-0.3, -0.25) is 4.79 Å². The summed E-state index contributed by atoms with van der Waals surface area (Å²) in [5, 5.41) is 0. The number of rotatable bonds is 4. The Balaban J connectivity index is 3.18. The molecule has 0 aliphatic rings. The van der Waals surface area contributed by atoms with Crippen molar-refractivity contribution in [2.45, 2.75) is 0 Å². The van der Waals surface area contributed by atoms with Crippen LogP contribution in [0.5, 0.6) is 11.5 Å². The number of hydrogen-bond donors (Lipinski definition) is 1. The van der Waals surface area contributed by atoms with Crippen molar-refractivity contribution < 1.29 is 14.3 Å². The van der Waals surface area contributed by atoms with Crippen LogP contribution >= 0.6 is 0 Å². The van der Waals surface area contributed by atoms with Crippen molar-refractivity contribution in [3.63, 3.8) is 0 Å². The Morgan fingerprint density at radius 3 is 2.47 bits per heavy atom. The SMILES string of the molecule is C=C(C(N)=O)c1ccc(OC)cc1OC. The van der Waals surface area contributed by atoms with Gasteiger partial charge in [0.05, 0.1) is 14.2 Å². The van der Waals surface area contributed by atoms with Crippen LogP contribution < -0.4 is 15.2 Å². The highest BCUT2D eigenvalue weighted by Crippen LogP contribution is 2.28. The fourth-order valence-electron chi connectivity index (χ4n) is 1.18. The number of amides is 1. The quantitative estimate of drug-likeness (QED) is 0.754. The van der Waals surface area contributed by atoms with Crippen LogP contribution in [0.3, 0.4) is 0 Å². The number of hydrogen-bond acceptors (Lipinski definition) is 3. The second-order valence-electron chi connectivity index (χ2n) is 2.91.